The Hall–Kier alpha value is -2.17. The molecule has 0 unspecified atom stereocenters. The Morgan fingerprint density at radius 1 is 1.04 bits per heavy atom. The maximum absolute atomic E-state index is 10.4. The molecule has 0 aromatic carbocycles. The van der Waals surface area contributed by atoms with E-state index < -0.39 is 12.1 Å². The third kappa shape index (κ3) is 12.2. The van der Waals surface area contributed by atoms with Gasteiger partial charge in [-0.3, -0.25) is 4.79 Å². The Bertz CT molecular complexity index is 567. The molecule has 26 heavy (non-hydrogen) atoms. The van der Waals surface area contributed by atoms with Gasteiger partial charge in [0.2, 0.25) is 0 Å². The van der Waals surface area contributed by atoms with Gasteiger partial charge in [-0.2, -0.15) is 0 Å². The van der Waals surface area contributed by atoms with Crippen molar-refractivity contribution in [2.45, 2.75) is 57.3 Å². The minimum Gasteiger partial charge on any atom is -0.481 e. The quantitative estimate of drug-likeness (QED) is 0.289. The number of hydrogen-bond donors (Lipinski definition) is 2. The molecule has 4 nitrogen and oxygen atoms in total. The zero-order valence-electron chi connectivity index (χ0n) is 15.4. The number of carboxylic acid groups (broad SMARTS) is 1. The van der Waals surface area contributed by atoms with Crippen molar-refractivity contribution in [1.82, 2.24) is 0 Å². The van der Waals surface area contributed by atoms with Gasteiger partial charge in [0.05, 0.1) is 12.2 Å². The minimum atomic E-state index is -0.780. The van der Waals surface area contributed by atoms with Crippen molar-refractivity contribution in [3.63, 3.8) is 0 Å². The van der Waals surface area contributed by atoms with Crippen molar-refractivity contribution in [3.05, 3.63) is 72.9 Å². The summed E-state index contributed by atoms with van der Waals surface area (Å²) in [6.07, 6.45) is 26.3. The van der Waals surface area contributed by atoms with Crippen molar-refractivity contribution in [2.24, 2.45) is 0 Å². The second kappa shape index (κ2) is 14.0. The highest BCUT2D eigenvalue weighted by molar-refractivity contribution is 5.66. The zero-order valence-corrected chi connectivity index (χ0v) is 15.4. The summed E-state index contributed by atoms with van der Waals surface area (Å²) in [5, 5.41) is 18.3. The van der Waals surface area contributed by atoms with Gasteiger partial charge in [-0.15, -0.1) is 0 Å². The number of rotatable bonds is 13. The average molecular weight is 358 g/mol. The first-order chi connectivity index (χ1) is 12.6. The van der Waals surface area contributed by atoms with Crippen LogP contribution in [0.5, 0.6) is 0 Å². The number of allylic oxidation sites excluding steroid dienone is 9. The van der Waals surface area contributed by atoms with Crippen molar-refractivity contribution >= 4 is 5.97 Å². The van der Waals surface area contributed by atoms with E-state index in [1.165, 1.54) is 0 Å². The lowest BCUT2D eigenvalue weighted by molar-refractivity contribution is -0.137. The number of hydrogen-bond acceptors (Lipinski definition) is 3. The topological polar surface area (TPSA) is 70.1 Å². The van der Waals surface area contributed by atoms with Gasteiger partial charge in [0.15, 0.2) is 0 Å². The van der Waals surface area contributed by atoms with E-state index in [9.17, 15) is 9.90 Å². The van der Waals surface area contributed by atoms with Crippen molar-refractivity contribution in [1.29, 1.82) is 0 Å². The Balaban J connectivity index is 2.08. The van der Waals surface area contributed by atoms with Crippen LogP contribution in [0.25, 0.3) is 0 Å². The van der Waals surface area contributed by atoms with E-state index in [0.29, 0.717) is 12.8 Å². The summed E-state index contributed by atoms with van der Waals surface area (Å²) in [6, 6.07) is 0. The molecular formula is C22H30O4. The summed E-state index contributed by atoms with van der Waals surface area (Å²) in [7, 11) is 0. The highest BCUT2D eigenvalue weighted by Gasteiger charge is 2.35. The molecule has 1 aliphatic rings. The molecule has 0 aromatic rings. The predicted molar refractivity (Wildman–Crippen MR) is 106 cm³/mol. The Labute approximate surface area is 156 Å². The van der Waals surface area contributed by atoms with E-state index in [4.69, 9.17) is 9.84 Å². The maximum Gasteiger partial charge on any atom is 0.303 e. The lowest BCUT2D eigenvalue weighted by Gasteiger charge is -1.98. The molecule has 2 N–H and O–H groups in total. The first-order valence-corrected chi connectivity index (χ1v) is 9.17. The fraction of sp³-hybridized carbons (Fsp3) is 0.409. The molecule has 1 rings (SSSR count). The van der Waals surface area contributed by atoms with Gasteiger partial charge in [0.1, 0.15) is 6.10 Å². The van der Waals surface area contributed by atoms with Gasteiger partial charge in [0.25, 0.3) is 0 Å². The highest BCUT2D eigenvalue weighted by Crippen LogP contribution is 2.27. The minimum absolute atomic E-state index is 0.0607. The van der Waals surface area contributed by atoms with Crippen LogP contribution >= 0.6 is 0 Å². The summed E-state index contributed by atoms with van der Waals surface area (Å²) in [5.41, 5.74) is 0. The van der Waals surface area contributed by atoms with Crippen LogP contribution in [0.4, 0.5) is 0 Å². The molecule has 1 saturated heterocycles. The molecule has 142 valence electrons. The first-order valence-electron chi connectivity index (χ1n) is 9.17. The number of carbonyl (C=O) groups is 1. The fourth-order valence-corrected chi connectivity index (χ4v) is 2.19. The molecule has 0 saturated carbocycles. The second-order valence-electron chi connectivity index (χ2n) is 6.00. The predicted octanol–water partition coefficient (Wildman–Crippen LogP) is 4.51. The number of aliphatic hydroxyl groups is 1. The van der Waals surface area contributed by atoms with Crippen molar-refractivity contribution in [3.8, 4) is 0 Å². The van der Waals surface area contributed by atoms with Crippen LogP contribution in [0, 0.1) is 0 Å². The van der Waals surface area contributed by atoms with Gasteiger partial charge >= 0.3 is 5.97 Å². The summed E-state index contributed by atoms with van der Waals surface area (Å²) in [4.78, 5) is 10.4. The molecule has 4 heteroatoms. The number of aliphatic hydroxyl groups excluding tert-OH is 1. The highest BCUT2D eigenvalue weighted by atomic mass is 16.6. The SMILES string of the molecule is CC/C=C\C[C@@H](O)/C=C/C=C\C\C=C/C=C/C=C/[C@H]1O[C@H]1CCC(=O)O. The van der Waals surface area contributed by atoms with Gasteiger partial charge in [-0.25, -0.2) is 0 Å². The second-order valence-corrected chi connectivity index (χ2v) is 6.00. The number of ether oxygens (including phenoxy) is 1. The van der Waals surface area contributed by atoms with E-state index in [1.807, 2.05) is 60.8 Å². The average Bonchev–Trinajstić information content (AvgIpc) is 3.36. The summed E-state index contributed by atoms with van der Waals surface area (Å²) in [6.45, 7) is 2.07. The standard InChI is InChI=1S/C22H30O4/c1-2-3-11-14-19(23)15-12-9-7-5-4-6-8-10-13-16-20-21(26-20)17-18-22(24)25/h3-4,6-13,15-16,19-21,23H,2,5,14,17-18H2,1H3,(H,24,25)/b6-4-,9-7-,10-8+,11-3-,15-12+,16-13+/t19-,20-,21+/m1/s1. The Morgan fingerprint density at radius 3 is 2.50 bits per heavy atom. The molecule has 1 aliphatic heterocycles. The summed E-state index contributed by atoms with van der Waals surface area (Å²) >= 11 is 0. The molecule has 1 heterocycles. The van der Waals surface area contributed by atoms with Crippen LogP contribution in [0.2, 0.25) is 0 Å². The zero-order chi connectivity index (χ0) is 19.0. The Morgan fingerprint density at radius 2 is 1.77 bits per heavy atom. The van der Waals surface area contributed by atoms with E-state index in [-0.39, 0.29) is 18.6 Å². The molecule has 1 fully saturated rings. The maximum atomic E-state index is 10.4. The van der Waals surface area contributed by atoms with Crippen LogP contribution in [-0.2, 0) is 9.53 Å². The Kier molecular flexibility index (Phi) is 11.8. The molecule has 0 spiro atoms. The van der Waals surface area contributed by atoms with Gasteiger partial charge in [-0.05, 0) is 25.7 Å². The van der Waals surface area contributed by atoms with Crippen molar-refractivity contribution in [2.75, 3.05) is 0 Å². The molecule has 0 aliphatic carbocycles. The fourth-order valence-electron chi connectivity index (χ4n) is 2.19. The molecule has 0 bridgehead atoms. The first kappa shape index (κ1) is 21.9. The van der Waals surface area contributed by atoms with Gasteiger partial charge < -0.3 is 14.9 Å². The van der Waals surface area contributed by atoms with Crippen LogP contribution in [0.3, 0.4) is 0 Å². The van der Waals surface area contributed by atoms with E-state index in [2.05, 4.69) is 13.0 Å². The largest absolute Gasteiger partial charge is 0.481 e. The smallest absolute Gasteiger partial charge is 0.303 e. The van der Waals surface area contributed by atoms with Gasteiger partial charge in [-0.1, -0.05) is 79.8 Å². The van der Waals surface area contributed by atoms with Gasteiger partial charge in [0, 0.05) is 6.42 Å². The number of epoxide rings is 1. The van der Waals surface area contributed by atoms with Crippen LogP contribution in [0.1, 0.15) is 39.0 Å². The lowest BCUT2D eigenvalue weighted by Crippen LogP contribution is -1.98. The molecule has 0 aromatic heterocycles. The summed E-state index contributed by atoms with van der Waals surface area (Å²) in [5.74, 6) is -0.780. The number of aliphatic carboxylic acids is 1. The molecule has 0 amide bonds. The van der Waals surface area contributed by atoms with Crippen molar-refractivity contribution < 1.29 is 19.7 Å². The molecule has 0 radical (unpaired) electrons. The van der Waals surface area contributed by atoms with Crippen LogP contribution in [0.15, 0.2) is 72.9 Å². The normalized spacial score (nSPS) is 22.1. The van der Waals surface area contributed by atoms with Crippen LogP contribution in [-0.4, -0.2) is 34.5 Å². The lowest BCUT2D eigenvalue weighted by atomic mass is 10.2. The van der Waals surface area contributed by atoms with E-state index >= 15 is 0 Å². The summed E-state index contributed by atoms with van der Waals surface area (Å²) < 4.78 is 5.35. The molecule has 3 atom stereocenters. The number of carboxylic acids is 1. The monoisotopic (exact) mass is 358 g/mol. The van der Waals surface area contributed by atoms with E-state index in [1.54, 1.807) is 6.08 Å². The third-order valence-electron chi connectivity index (χ3n) is 3.67. The van der Waals surface area contributed by atoms with E-state index in [0.717, 1.165) is 12.8 Å². The van der Waals surface area contributed by atoms with Crippen LogP contribution < -0.4 is 0 Å². The molecular weight excluding hydrogens is 328 g/mol. The third-order valence-corrected chi connectivity index (χ3v) is 3.67.